The van der Waals surface area contributed by atoms with E-state index in [1.165, 1.54) is 0 Å². The first-order valence-electron chi connectivity index (χ1n) is 8.45. The molecule has 0 aromatic carbocycles. The monoisotopic (exact) mass is 468 g/mol. The molecule has 24 heavy (non-hydrogen) atoms. The number of hydrogen-bond donors (Lipinski definition) is 2. The van der Waals surface area contributed by atoms with Crippen LogP contribution in [0.4, 0.5) is 0 Å². The Bertz CT molecular complexity index is 489. The van der Waals surface area contributed by atoms with Crippen molar-refractivity contribution in [1.82, 2.24) is 25.4 Å². The van der Waals surface area contributed by atoms with Crippen molar-refractivity contribution in [3.63, 3.8) is 0 Å². The van der Waals surface area contributed by atoms with E-state index in [0.29, 0.717) is 12.0 Å². The van der Waals surface area contributed by atoms with Crippen LogP contribution in [0.1, 0.15) is 46.4 Å². The summed E-state index contributed by atoms with van der Waals surface area (Å²) in [4.78, 5) is 4.25. The summed E-state index contributed by atoms with van der Waals surface area (Å²) in [6.45, 7) is 10.6. The minimum absolute atomic E-state index is 0. The van der Waals surface area contributed by atoms with Gasteiger partial charge in [0, 0.05) is 32.6 Å². The number of nitrogens with zero attached hydrogens (tertiary/aromatic N) is 4. The zero-order valence-electron chi connectivity index (χ0n) is 15.8. The summed E-state index contributed by atoms with van der Waals surface area (Å²) >= 11 is 1.66. The Morgan fingerprint density at radius 3 is 2.54 bits per heavy atom. The van der Waals surface area contributed by atoms with Gasteiger partial charge in [-0.25, -0.2) is 0 Å². The number of thioether (sulfide) groups is 1. The third-order valence-corrected chi connectivity index (χ3v) is 4.28. The van der Waals surface area contributed by atoms with Crippen LogP contribution in [0.5, 0.6) is 0 Å². The van der Waals surface area contributed by atoms with Crippen LogP contribution < -0.4 is 10.6 Å². The summed E-state index contributed by atoms with van der Waals surface area (Å²) in [5.41, 5.74) is 0. The second-order valence-corrected chi connectivity index (χ2v) is 6.94. The van der Waals surface area contributed by atoms with Crippen LogP contribution in [0.25, 0.3) is 0 Å². The topological polar surface area (TPSA) is 67.1 Å². The third kappa shape index (κ3) is 8.04. The van der Waals surface area contributed by atoms with Gasteiger partial charge in [0.2, 0.25) is 0 Å². The molecule has 0 aliphatic rings. The molecule has 1 atom stereocenters. The van der Waals surface area contributed by atoms with Crippen LogP contribution >= 0.6 is 35.7 Å². The maximum Gasteiger partial charge on any atom is 0.191 e. The van der Waals surface area contributed by atoms with Crippen LogP contribution in [0.3, 0.4) is 0 Å². The lowest BCUT2D eigenvalue weighted by Crippen LogP contribution is -2.42. The van der Waals surface area contributed by atoms with Crippen LogP contribution in [-0.4, -0.2) is 46.6 Å². The number of nitrogens with one attached hydrogen (secondary N) is 2. The van der Waals surface area contributed by atoms with Gasteiger partial charge in [-0.2, -0.15) is 0 Å². The SMILES string of the molecule is CCC(C)NC(=NC)NCCCc1nnc(SC)n1CC(C)C.I. The fourth-order valence-electron chi connectivity index (χ4n) is 2.19. The number of rotatable bonds is 9. The van der Waals surface area contributed by atoms with Gasteiger partial charge in [0.05, 0.1) is 0 Å². The van der Waals surface area contributed by atoms with Gasteiger partial charge >= 0.3 is 0 Å². The fraction of sp³-hybridized carbons (Fsp3) is 0.812. The molecule has 0 saturated heterocycles. The summed E-state index contributed by atoms with van der Waals surface area (Å²) in [5, 5.41) is 16.4. The summed E-state index contributed by atoms with van der Waals surface area (Å²) in [6.07, 6.45) is 5.06. The molecule has 0 bridgehead atoms. The molecule has 0 radical (unpaired) electrons. The number of aliphatic imine (C=N–C) groups is 1. The van der Waals surface area contributed by atoms with Crippen LogP contribution in [0.15, 0.2) is 10.1 Å². The predicted molar refractivity (Wildman–Crippen MR) is 115 cm³/mol. The molecule has 1 aromatic heterocycles. The summed E-state index contributed by atoms with van der Waals surface area (Å²) in [7, 11) is 1.81. The molecular formula is C16H33IN6S. The first-order chi connectivity index (χ1) is 11.0. The van der Waals surface area contributed by atoms with E-state index in [1.807, 2.05) is 7.05 Å². The van der Waals surface area contributed by atoms with Crippen molar-refractivity contribution < 1.29 is 0 Å². The van der Waals surface area contributed by atoms with Crippen molar-refractivity contribution >= 4 is 41.7 Å². The van der Waals surface area contributed by atoms with Gasteiger partial charge in [-0.1, -0.05) is 32.5 Å². The highest BCUT2D eigenvalue weighted by atomic mass is 127. The summed E-state index contributed by atoms with van der Waals surface area (Å²) in [6, 6.07) is 0.430. The van der Waals surface area contributed by atoms with E-state index in [-0.39, 0.29) is 24.0 Å². The molecule has 6 nitrogen and oxygen atoms in total. The molecule has 0 aliphatic heterocycles. The Balaban J connectivity index is 0.00000529. The Morgan fingerprint density at radius 1 is 1.29 bits per heavy atom. The van der Waals surface area contributed by atoms with Gasteiger partial charge in [-0.15, -0.1) is 34.2 Å². The van der Waals surface area contributed by atoms with E-state index < -0.39 is 0 Å². The van der Waals surface area contributed by atoms with Crippen molar-refractivity contribution in [2.75, 3.05) is 19.8 Å². The van der Waals surface area contributed by atoms with E-state index in [0.717, 1.165) is 49.3 Å². The van der Waals surface area contributed by atoms with Crippen molar-refractivity contribution in [2.45, 2.75) is 64.7 Å². The molecule has 0 spiro atoms. The molecule has 0 aliphatic carbocycles. The first kappa shape index (κ1) is 23.5. The predicted octanol–water partition coefficient (Wildman–Crippen LogP) is 3.17. The van der Waals surface area contributed by atoms with Crippen molar-refractivity contribution in [2.24, 2.45) is 10.9 Å². The molecule has 1 heterocycles. The quantitative estimate of drug-likeness (QED) is 0.192. The minimum Gasteiger partial charge on any atom is -0.356 e. The summed E-state index contributed by atoms with van der Waals surface area (Å²) < 4.78 is 2.25. The Hall–Kier alpha value is -0.510. The molecule has 140 valence electrons. The Kier molecular flexibility index (Phi) is 12.5. The van der Waals surface area contributed by atoms with E-state index >= 15 is 0 Å². The Labute approximate surface area is 168 Å². The smallest absolute Gasteiger partial charge is 0.191 e. The highest BCUT2D eigenvalue weighted by Crippen LogP contribution is 2.16. The van der Waals surface area contributed by atoms with Crippen LogP contribution in [0, 0.1) is 5.92 Å². The number of hydrogen-bond acceptors (Lipinski definition) is 4. The molecule has 0 fully saturated rings. The van der Waals surface area contributed by atoms with E-state index in [2.05, 4.69) is 64.3 Å². The second-order valence-electron chi connectivity index (χ2n) is 6.16. The van der Waals surface area contributed by atoms with Crippen LogP contribution in [0.2, 0.25) is 0 Å². The lowest BCUT2D eigenvalue weighted by molar-refractivity contribution is 0.477. The average molecular weight is 468 g/mol. The molecule has 1 aromatic rings. The van der Waals surface area contributed by atoms with Gasteiger partial charge in [0.1, 0.15) is 5.82 Å². The van der Waals surface area contributed by atoms with Crippen LogP contribution in [-0.2, 0) is 13.0 Å². The molecule has 0 amide bonds. The zero-order valence-corrected chi connectivity index (χ0v) is 18.9. The second kappa shape index (κ2) is 12.8. The minimum atomic E-state index is 0. The van der Waals surface area contributed by atoms with Gasteiger partial charge in [0.25, 0.3) is 0 Å². The lowest BCUT2D eigenvalue weighted by atomic mass is 10.2. The fourth-order valence-corrected chi connectivity index (χ4v) is 2.71. The maximum atomic E-state index is 4.36. The highest BCUT2D eigenvalue weighted by Gasteiger charge is 2.12. The molecule has 8 heteroatoms. The third-order valence-electron chi connectivity index (χ3n) is 3.61. The van der Waals surface area contributed by atoms with Crippen molar-refractivity contribution in [3.8, 4) is 0 Å². The lowest BCUT2D eigenvalue weighted by Gasteiger charge is -2.16. The first-order valence-corrected chi connectivity index (χ1v) is 9.67. The number of halogens is 1. The molecular weight excluding hydrogens is 435 g/mol. The summed E-state index contributed by atoms with van der Waals surface area (Å²) in [5.74, 6) is 2.54. The van der Waals surface area contributed by atoms with Gasteiger partial charge in [-0.3, -0.25) is 4.99 Å². The molecule has 0 saturated carbocycles. The Morgan fingerprint density at radius 2 is 2.00 bits per heavy atom. The van der Waals surface area contributed by atoms with E-state index in [1.54, 1.807) is 11.8 Å². The van der Waals surface area contributed by atoms with Crippen molar-refractivity contribution in [1.29, 1.82) is 0 Å². The molecule has 1 unspecified atom stereocenters. The van der Waals surface area contributed by atoms with E-state index in [9.17, 15) is 0 Å². The number of aromatic nitrogens is 3. The number of guanidine groups is 1. The van der Waals surface area contributed by atoms with Gasteiger partial charge in [0.15, 0.2) is 11.1 Å². The highest BCUT2D eigenvalue weighted by molar-refractivity contribution is 14.0. The zero-order chi connectivity index (χ0) is 17.2. The van der Waals surface area contributed by atoms with E-state index in [4.69, 9.17) is 0 Å². The normalized spacial score (nSPS) is 12.9. The molecule has 1 rings (SSSR count). The van der Waals surface area contributed by atoms with Crippen molar-refractivity contribution in [3.05, 3.63) is 5.82 Å². The molecule has 2 N–H and O–H groups in total. The van der Waals surface area contributed by atoms with Gasteiger partial charge in [-0.05, 0) is 31.9 Å². The largest absolute Gasteiger partial charge is 0.356 e. The number of aryl methyl sites for hydroxylation is 1. The average Bonchev–Trinajstić information content (AvgIpc) is 2.91. The maximum absolute atomic E-state index is 4.36. The van der Waals surface area contributed by atoms with Gasteiger partial charge < -0.3 is 15.2 Å². The standard InChI is InChI=1S/C16H32N6S.HI/c1-7-13(4)19-15(17-5)18-10-8-9-14-20-21-16(23-6)22(14)11-12(2)3;/h12-13H,7-11H2,1-6H3,(H2,17,18,19);1H.